The van der Waals surface area contributed by atoms with Gasteiger partial charge in [0.2, 0.25) is 0 Å². The van der Waals surface area contributed by atoms with Crippen LogP contribution in [-0.2, 0) is 6.42 Å². The second-order valence-electron chi connectivity index (χ2n) is 4.38. The Morgan fingerprint density at radius 2 is 1.70 bits per heavy atom. The molecule has 0 atom stereocenters. The third-order valence-electron chi connectivity index (χ3n) is 2.83. The van der Waals surface area contributed by atoms with Crippen molar-refractivity contribution in [2.45, 2.75) is 12.8 Å². The third-order valence-corrected chi connectivity index (χ3v) is 2.83. The van der Waals surface area contributed by atoms with Gasteiger partial charge in [-0.05, 0) is 29.8 Å². The first kappa shape index (κ1) is 14.2. The van der Waals surface area contributed by atoms with E-state index < -0.39 is 0 Å². The molecule has 0 fully saturated rings. The fourth-order valence-electron chi connectivity index (χ4n) is 1.79. The lowest BCUT2D eigenvalue weighted by atomic mass is 10.2. The van der Waals surface area contributed by atoms with Gasteiger partial charge < -0.3 is 9.84 Å². The van der Waals surface area contributed by atoms with Gasteiger partial charge in [-0.3, -0.25) is 0 Å². The minimum atomic E-state index is 0.105. The molecule has 0 aliphatic carbocycles. The van der Waals surface area contributed by atoms with Crippen molar-refractivity contribution in [1.29, 1.82) is 0 Å². The molecular weight excluding hydrogens is 248 g/mol. The number of ether oxygens (including phenoxy) is 1. The van der Waals surface area contributed by atoms with Crippen LogP contribution in [0.15, 0.2) is 54.6 Å². The van der Waals surface area contributed by atoms with Crippen LogP contribution in [-0.4, -0.2) is 18.3 Å². The van der Waals surface area contributed by atoms with Crippen LogP contribution in [0.25, 0.3) is 0 Å². The first-order chi connectivity index (χ1) is 9.88. The van der Waals surface area contributed by atoms with Crippen LogP contribution in [0, 0.1) is 11.8 Å². The second kappa shape index (κ2) is 8.04. The first-order valence-electron chi connectivity index (χ1n) is 6.75. The lowest BCUT2D eigenvalue weighted by molar-refractivity contribution is 0.305. The molecule has 2 aromatic carbocycles. The van der Waals surface area contributed by atoms with E-state index in [0.717, 1.165) is 17.7 Å². The monoisotopic (exact) mass is 266 g/mol. The van der Waals surface area contributed by atoms with Crippen LogP contribution in [0.5, 0.6) is 5.75 Å². The van der Waals surface area contributed by atoms with Crippen molar-refractivity contribution in [3.63, 3.8) is 0 Å². The molecule has 0 amide bonds. The Labute approximate surface area is 120 Å². The average molecular weight is 266 g/mol. The van der Waals surface area contributed by atoms with Crippen LogP contribution in [0.2, 0.25) is 0 Å². The van der Waals surface area contributed by atoms with Crippen LogP contribution in [0.3, 0.4) is 0 Å². The Morgan fingerprint density at radius 3 is 2.40 bits per heavy atom. The van der Waals surface area contributed by atoms with Gasteiger partial charge in [0.1, 0.15) is 5.75 Å². The molecule has 0 saturated carbocycles. The zero-order valence-corrected chi connectivity index (χ0v) is 11.4. The van der Waals surface area contributed by atoms with Crippen molar-refractivity contribution < 1.29 is 9.84 Å². The fraction of sp³-hybridized carbons (Fsp3) is 0.222. The van der Waals surface area contributed by atoms with E-state index in [2.05, 4.69) is 24.0 Å². The van der Waals surface area contributed by atoms with E-state index in [0.29, 0.717) is 13.0 Å². The largest absolute Gasteiger partial charge is 0.493 e. The molecule has 102 valence electrons. The molecule has 0 spiro atoms. The molecule has 2 nitrogen and oxygen atoms in total. The molecule has 2 heteroatoms. The lowest BCUT2D eigenvalue weighted by Gasteiger charge is -2.06. The number of rotatable bonds is 5. The molecule has 0 aliphatic heterocycles. The highest BCUT2D eigenvalue weighted by molar-refractivity contribution is 5.38. The van der Waals surface area contributed by atoms with Gasteiger partial charge in [-0.2, -0.15) is 0 Å². The highest BCUT2D eigenvalue weighted by Gasteiger charge is 1.95. The Balaban J connectivity index is 1.81. The molecular formula is C18H18O2. The highest BCUT2D eigenvalue weighted by atomic mass is 16.5. The van der Waals surface area contributed by atoms with E-state index in [9.17, 15) is 0 Å². The quantitative estimate of drug-likeness (QED) is 0.843. The molecule has 0 aliphatic rings. The third kappa shape index (κ3) is 4.79. The Kier molecular flexibility index (Phi) is 5.70. The van der Waals surface area contributed by atoms with Crippen molar-refractivity contribution in [3.05, 3.63) is 65.7 Å². The van der Waals surface area contributed by atoms with E-state index in [1.54, 1.807) is 0 Å². The maximum atomic E-state index is 8.66. The summed E-state index contributed by atoms with van der Waals surface area (Å²) in [7, 11) is 0. The second-order valence-corrected chi connectivity index (χ2v) is 4.38. The van der Waals surface area contributed by atoms with Crippen LogP contribution in [0.4, 0.5) is 0 Å². The summed E-state index contributed by atoms with van der Waals surface area (Å²) in [5.41, 5.74) is 2.22. The molecule has 2 rings (SSSR count). The van der Waals surface area contributed by atoms with E-state index in [1.165, 1.54) is 5.56 Å². The summed E-state index contributed by atoms with van der Waals surface area (Å²) in [5.74, 6) is 6.74. The van der Waals surface area contributed by atoms with Crippen molar-refractivity contribution >= 4 is 0 Å². The van der Waals surface area contributed by atoms with Crippen LogP contribution in [0.1, 0.15) is 17.5 Å². The first-order valence-corrected chi connectivity index (χ1v) is 6.75. The van der Waals surface area contributed by atoms with Gasteiger partial charge in [-0.25, -0.2) is 0 Å². The predicted octanol–water partition coefficient (Wildman–Crippen LogP) is 3.04. The van der Waals surface area contributed by atoms with Gasteiger partial charge in [-0.1, -0.05) is 42.2 Å². The lowest BCUT2D eigenvalue weighted by Crippen LogP contribution is -2.00. The Morgan fingerprint density at radius 1 is 0.950 bits per heavy atom. The highest BCUT2D eigenvalue weighted by Crippen LogP contribution is 2.12. The van der Waals surface area contributed by atoms with E-state index in [-0.39, 0.29) is 6.61 Å². The molecule has 0 radical (unpaired) electrons. The molecule has 0 unspecified atom stereocenters. The number of hydrogen-bond donors (Lipinski definition) is 1. The number of benzene rings is 2. The van der Waals surface area contributed by atoms with Crippen LogP contribution < -0.4 is 4.74 Å². The minimum absolute atomic E-state index is 0.105. The summed E-state index contributed by atoms with van der Waals surface area (Å²) in [5, 5.41) is 8.66. The standard InChI is InChI=1S/C18H18O2/c19-14-5-4-8-17-9-11-18(12-10-17)20-15-13-16-6-2-1-3-7-16/h1-3,6-7,9-12,19H,5,13-15H2. The van der Waals surface area contributed by atoms with Gasteiger partial charge in [0.15, 0.2) is 0 Å². The SMILES string of the molecule is OCCC#Cc1ccc(OCCc2ccccc2)cc1. The Hall–Kier alpha value is -2.24. The fourth-order valence-corrected chi connectivity index (χ4v) is 1.79. The molecule has 1 N–H and O–H groups in total. The van der Waals surface area contributed by atoms with Gasteiger partial charge in [-0.15, -0.1) is 0 Å². The van der Waals surface area contributed by atoms with Gasteiger partial charge >= 0.3 is 0 Å². The zero-order chi connectivity index (χ0) is 14.0. The van der Waals surface area contributed by atoms with Crippen molar-refractivity contribution in [1.82, 2.24) is 0 Å². The van der Waals surface area contributed by atoms with Crippen LogP contribution >= 0.6 is 0 Å². The van der Waals surface area contributed by atoms with E-state index in [1.807, 2.05) is 42.5 Å². The summed E-state index contributed by atoms with van der Waals surface area (Å²) >= 11 is 0. The van der Waals surface area contributed by atoms with E-state index in [4.69, 9.17) is 9.84 Å². The van der Waals surface area contributed by atoms with Gasteiger partial charge in [0.25, 0.3) is 0 Å². The van der Waals surface area contributed by atoms with Gasteiger partial charge in [0.05, 0.1) is 13.2 Å². The maximum absolute atomic E-state index is 8.66. The smallest absolute Gasteiger partial charge is 0.119 e. The summed E-state index contributed by atoms with van der Waals surface area (Å²) in [6.45, 7) is 0.771. The maximum Gasteiger partial charge on any atom is 0.119 e. The number of aliphatic hydroxyl groups excluding tert-OH is 1. The molecule has 20 heavy (non-hydrogen) atoms. The number of aliphatic hydroxyl groups is 1. The zero-order valence-electron chi connectivity index (χ0n) is 11.4. The molecule has 0 bridgehead atoms. The molecule has 0 aromatic heterocycles. The molecule has 2 aromatic rings. The summed E-state index contributed by atoms with van der Waals surface area (Å²) < 4.78 is 5.70. The Bertz CT molecular complexity index is 562. The predicted molar refractivity (Wildman–Crippen MR) is 80.7 cm³/mol. The van der Waals surface area contributed by atoms with Crippen molar-refractivity contribution in [2.24, 2.45) is 0 Å². The topological polar surface area (TPSA) is 29.5 Å². The normalized spacial score (nSPS) is 9.65. The van der Waals surface area contributed by atoms with Crippen molar-refractivity contribution in [3.8, 4) is 17.6 Å². The molecule has 0 heterocycles. The molecule has 0 saturated heterocycles. The van der Waals surface area contributed by atoms with Crippen molar-refractivity contribution in [2.75, 3.05) is 13.2 Å². The average Bonchev–Trinajstić information content (AvgIpc) is 2.50. The van der Waals surface area contributed by atoms with Gasteiger partial charge in [0, 0.05) is 18.4 Å². The summed E-state index contributed by atoms with van der Waals surface area (Å²) in [4.78, 5) is 0. The summed E-state index contributed by atoms with van der Waals surface area (Å²) in [6, 6.07) is 18.0. The summed E-state index contributed by atoms with van der Waals surface area (Å²) in [6.07, 6.45) is 1.41. The number of hydrogen-bond acceptors (Lipinski definition) is 2. The minimum Gasteiger partial charge on any atom is -0.493 e. The van der Waals surface area contributed by atoms with E-state index >= 15 is 0 Å².